The summed E-state index contributed by atoms with van der Waals surface area (Å²) in [4.78, 5) is 13.2. The zero-order valence-electron chi connectivity index (χ0n) is 11.7. The Morgan fingerprint density at radius 3 is 2.18 bits per heavy atom. The maximum absolute atomic E-state index is 11.6. The molecule has 0 saturated heterocycles. The third-order valence-corrected chi connectivity index (χ3v) is 2.35. The van der Waals surface area contributed by atoms with Gasteiger partial charge in [-0.1, -0.05) is 0 Å². The van der Waals surface area contributed by atoms with Crippen LogP contribution < -0.4 is 5.32 Å². The minimum Gasteiger partial charge on any atom is -0.353 e. The number of hydrogen-bond donors (Lipinski definition) is 1. The molecule has 1 amide bonds. The summed E-state index contributed by atoms with van der Waals surface area (Å²) in [5, 5.41) is 3.16. The molecule has 1 unspecified atom stereocenters. The normalized spacial score (nSPS) is 12.8. The molecule has 0 aliphatic heterocycles. The first kappa shape index (κ1) is 16.4. The van der Waals surface area contributed by atoms with Gasteiger partial charge in [0.15, 0.2) is 6.29 Å². The molecule has 0 heterocycles. The number of rotatable bonds is 9. The van der Waals surface area contributed by atoms with Crippen LogP contribution in [-0.4, -0.2) is 57.0 Å². The van der Waals surface area contributed by atoms with Gasteiger partial charge in [-0.05, 0) is 20.8 Å². The van der Waals surface area contributed by atoms with Crippen molar-refractivity contribution in [3.8, 4) is 0 Å². The van der Waals surface area contributed by atoms with Gasteiger partial charge >= 0.3 is 0 Å². The third kappa shape index (κ3) is 7.31. The fourth-order valence-electron chi connectivity index (χ4n) is 1.48. The molecule has 0 saturated carbocycles. The topological polar surface area (TPSA) is 50.8 Å². The Balaban J connectivity index is 3.82. The average molecular weight is 246 g/mol. The standard InChI is InChI=1S/C12H26N2O3/c1-6-16-11(17-7-2)8-9-13-10(3)12(15)14(4)5/h10-11,13H,6-9H2,1-5H3. The van der Waals surface area contributed by atoms with E-state index >= 15 is 0 Å². The number of hydrogen-bond acceptors (Lipinski definition) is 4. The van der Waals surface area contributed by atoms with Gasteiger partial charge in [0, 0.05) is 40.3 Å². The predicted molar refractivity (Wildman–Crippen MR) is 67.8 cm³/mol. The number of nitrogens with zero attached hydrogens (tertiary/aromatic N) is 1. The lowest BCUT2D eigenvalue weighted by molar-refractivity contribution is -0.140. The van der Waals surface area contributed by atoms with E-state index in [4.69, 9.17) is 9.47 Å². The van der Waals surface area contributed by atoms with E-state index in [9.17, 15) is 4.79 Å². The van der Waals surface area contributed by atoms with Gasteiger partial charge in [-0.2, -0.15) is 0 Å². The molecular formula is C12H26N2O3. The second-order valence-electron chi connectivity index (χ2n) is 4.04. The lowest BCUT2D eigenvalue weighted by atomic mass is 10.3. The van der Waals surface area contributed by atoms with Gasteiger partial charge in [0.05, 0.1) is 6.04 Å². The van der Waals surface area contributed by atoms with Crippen molar-refractivity contribution in [2.75, 3.05) is 33.9 Å². The third-order valence-electron chi connectivity index (χ3n) is 2.35. The highest BCUT2D eigenvalue weighted by Crippen LogP contribution is 2.00. The molecule has 0 bridgehead atoms. The summed E-state index contributed by atoms with van der Waals surface area (Å²) in [5.41, 5.74) is 0. The molecule has 0 aliphatic rings. The molecule has 0 aromatic heterocycles. The van der Waals surface area contributed by atoms with Crippen LogP contribution in [0.4, 0.5) is 0 Å². The average Bonchev–Trinajstić information content (AvgIpc) is 2.28. The van der Waals surface area contributed by atoms with Crippen LogP contribution >= 0.6 is 0 Å². The molecule has 0 radical (unpaired) electrons. The molecule has 0 aromatic rings. The van der Waals surface area contributed by atoms with Crippen LogP contribution in [0.5, 0.6) is 0 Å². The zero-order chi connectivity index (χ0) is 13.3. The van der Waals surface area contributed by atoms with E-state index in [-0.39, 0.29) is 18.2 Å². The van der Waals surface area contributed by atoms with Gasteiger partial charge in [-0.15, -0.1) is 0 Å². The van der Waals surface area contributed by atoms with Gasteiger partial charge in [0.25, 0.3) is 0 Å². The summed E-state index contributed by atoms with van der Waals surface area (Å²) >= 11 is 0. The van der Waals surface area contributed by atoms with E-state index < -0.39 is 0 Å². The van der Waals surface area contributed by atoms with E-state index in [0.717, 1.165) is 6.42 Å². The Hall–Kier alpha value is -0.650. The number of likely N-dealkylation sites (N-methyl/N-ethyl adjacent to an activating group) is 1. The first-order valence-electron chi connectivity index (χ1n) is 6.20. The molecule has 0 spiro atoms. The van der Waals surface area contributed by atoms with Crippen molar-refractivity contribution in [3.05, 3.63) is 0 Å². The summed E-state index contributed by atoms with van der Waals surface area (Å²) in [5.74, 6) is 0.0781. The van der Waals surface area contributed by atoms with Gasteiger partial charge in [-0.25, -0.2) is 0 Å². The number of nitrogens with one attached hydrogen (secondary N) is 1. The Bertz CT molecular complexity index is 204. The first-order chi connectivity index (χ1) is 8.02. The quantitative estimate of drug-likeness (QED) is 0.613. The van der Waals surface area contributed by atoms with Crippen molar-refractivity contribution < 1.29 is 14.3 Å². The summed E-state index contributed by atoms with van der Waals surface area (Å²) < 4.78 is 10.8. The molecule has 0 aliphatic carbocycles. The fraction of sp³-hybridized carbons (Fsp3) is 0.917. The van der Waals surface area contributed by atoms with Crippen LogP contribution in [0.2, 0.25) is 0 Å². The largest absolute Gasteiger partial charge is 0.353 e. The molecule has 1 atom stereocenters. The Kier molecular flexibility index (Phi) is 9.03. The van der Waals surface area contributed by atoms with Gasteiger partial charge in [-0.3, -0.25) is 4.79 Å². The van der Waals surface area contributed by atoms with Crippen molar-refractivity contribution in [3.63, 3.8) is 0 Å². The van der Waals surface area contributed by atoms with E-state index in [1.807, 2.05) is 20.8 Å². The lowest BCUT2D eigenvalue weighted by Gasteiger charge is -2.20. The lowest BCUT2D eigenvalue weighted by Crippen LogP contribution is -2.42. The molecule has 5 nitrogen and oxygen atoms in total. The number of carbonyl (C=O) groups excluding carboxylic acids is 1. The predicted octanol–water partition coefficient (Wildman–Crippen LogP) is 0.842. The highest BCUT2D eigenvalue weighted by atomic mass is 16.7. The molecule has 0 fully saturated rings. The number of carbonyl (C=O) groups is 1. The van der Waals surface area contributed by atoms with E-state index in [1.54, 1.807) is 19.0 Å². The van der Waals surface area contributed by atoms with Gasteiger partial charge < -0.3 is 19.7 Å². The molecular weight excluding hydrogens is 220 g/mol. The monoisotopic (exact) mass is 246 g/mol. The SMILES string of the molecule is CCOC(CCNC(C)C(=O)N(C)C)OCC. The van der Waals surface area contributed by atoms with Crippen molar-refractivity contribution in [1.82, 2.24) is 10.2 Å². The Morgan fingerprint density at radius 2 is 1.76 bits per heavy atom. The smallest absolute Gasteiger partial charge is 0.238 e. The van der Waals surface area contributed by atoms with Crippen molar-refractivity contribution >= 4 is 5.91 Å². The van der Waals surface area contributed by atoms with E-state index in [2.05, 4.69) is 5.32 Å². The molecule has 1 N–H and O–H groups in total. The summed E-state index contributed by atoms with van der Waals surface area (Å²) in [6.07, 6.45) is 0.561. The minimum atomic E-state index is -0.181. The fourth-order valence-corrected chi connectivity index (χ4v) is 1.48. The Labute approximate surface area is 104 Å². The highest BCUT2D eigenvalue weighted by molar-refractivity contribution is 5.80. The van der Waals surface area contributed by atoms with Crippen LogP contribution in [0.1, 0.15) is 27.2 Å². The van der Waals surface area contributed by atoms with Crippen LogP contribution in [0.3, 0.4) is 0 Å². The Morgan fingerprint density at radius 1 is 1.24 bits per heavy atom. The highest BCUT2D eigenvalue weighted by Gasteiger charge is 2.15. The van der Waals surface area contributed by atoms with E-state index in [1.165, 1.54) is 0 Å². The maximum atomic E-state index is 11.6. The molecule has 102 valence electrons. The molecule has 5 heteroatoms. The zero-order valence-corrected chi connectivity index (χ0v) is 11.7. The van der Waals surface area contributed by atoms with E-state index in [0.29, 0.717) is 19.8 Å². The minimum absolute atomic E-state index is 0.0781. The van der Waals surface area contributed by atoms with Gasteiger partial charge in [0.2, 0.25) is 5.91 Å². The summed E-state index contributed by atoms with van der Waals surface area (Å²) in [6.45, 7) is 7.72. The van der Waals surface area contributed by atoms with Crippen molar-refractivity contribution in [1.29, 1.82) is 0 Å². The van der Waals surface area contributed by atoms with Crippen LogP contribution in [0, 0.1) is 0 Å². The molecule has 0 aromatic carbocycles. The first-order valence-corrected chi connectivity index (χ1v) is 6.20. The van der Waals surface area contributed by atoms with Crippen molar-refractivity contribution in [2.45, 2.75) is 39.5 Å². The molecule has 0 rings (SSSR count). The second-order valence-corrected chi connectivity index (χ2v) is 4.04. The van der Waals surface area contributed by atoms with Gasteiger partial charge in [0.1, 0.15) is 0 Å². The molecule has 17 heavy (non-hydrogen) atoms. The summed E-state index contributed by atoms with van der Waals surface area (Å²) in [7, 11) is 3.51. The number of ether oxygens (including phenoxy) is 2. The van der Waals surface area contributed by atoms with Crippen LogP contribution in [0.25, 0.3) is 0 Å². The number of amides is 1. The van der Waals surface area contributed by atoms with Crippen LogP contribution in [-0.2, 0) is 14.3 Å². The second kappa shape index (κ2) is 9.39. The van der Waals surface area contributed by atoms with Crippen LogP contribution in [0.15, 0.2) is 0 Å². The van der Waals surface area contributed by atoms with Crippen molar-refractivity contribution in [2.24, 2.45) is 0 Å². The maximum Gasteiger partial charge on any atom is 0.238 e. The summed E-state index contributed by atoms with van der Waals surface area (Å²) in [6, 6.07) is -0.172.